The van der Waals surface area contributed by atoms with E-state index in [1.807, 2.05) is 24.3 Å². The summed E-state index contributed by atoms with van der Waals surface area (Å²) < 4.78 is 6.00. The Morgan fingerprint density at radius 3 is 2.53 bits per heavy atom. The molecule has 19 heavy (non-hydrogen) atoms. The van der Waals surface area contributed by atoms with Crippen molar-refractivity contribution in [2.45, 2.75) is 52.7 Å². The molecule has 0 saturated heterocycles. The van der Waals surface area contributed by atoms with E-state index in [1.54, 1.807) is 0 Å². The molecular formula is C16H26ClNO. The van der Waals surface area contributed by atoms with Gasteiger partial charge in [0.05, 0.1) is 0 Å². The van der Waals surface area contributed by atoms with E-state index in [1.165, 1.54) is 6.42 Å². The van der Waals surface area contributed by atoms with Crippen LogP contribution in [0.5, 0.6) is 5.75 Å². The van der Waals surface area contributed by atoms with Crippen LogP contribution in [-0.2, 0) is 0 Å². The molecule has 0 radical (unpaired) electrons. The number of rotatable bonds is 8. The van der Waals surface area contributed by atoms with Gasteiger partial charge in [0.2, 0.25) is 0 Å². The molecule has 108 valence electrons. The van der Waals surface area contributed by atoms with Crippen molar-refractivity contribution in [3.63, 3.8) is 0 Å². The average molecular weight is 284 g/mol. The molecule has 2 nitrogen and oxygen atoms in total. The maximum atomic E-state index is 6.00. The molecular weight excluding hydrogens is 258 g/mol. The van der Waals surface area contributed by atoms with Crippen LogP contribution in [-0.4, -0.2) is 18.7 Å². The summed E-state index contributed by atoms with van der Waals surface area (Å²) in [6, 6.07) is 7.98. The number of ether oxygens (including phenoxy) is 1. The van der Waals surface area contributed by atoms with Gasteiger partial charge in [-0.05, 0) is 50.4 Å². The minimum absolute atomic E-state index is 0.136. The number of hydrogen-bond acceptors (Lipinski definition) is 2. The van der Waals surface area contributed by atoms with Crippen LogP contribution in [0.4, 0.5) is 0 Å². The lowest BCUT2D eigenvalue weighted by Gasteiger charge is -2.26. The van der Waals surface area contributed by atoms with Gasteiger partial charge in [0.15, 0.2) is 0 Å². The third-order valence-electron chi connectivity index (χ3n) is 3.21. The Morgan fingerprint density at radius 1 is 1.21 bits per heavy atom. The molecule has 1 rings (SSSR count). The molecule has 0 bridgehead atoms. The molecule has 0 saturated carbocycles. The van der Waals surface area contributed by atoms with Crippen LogP contribution < -0.4 is 10.1 Å². The lowest BCUT2D eigenvalue weighted by atomic mass is 10.00. The summed E-state index contributed by atoms with van der Waals surface area (Å²) in [5.41, 5.74) is 0. The molecule has 0 aliphatic carbocycles. The first-order valence-corrected chi connectivity index (χ1v) is 7.56. The molecule has 1 N–H and O–H groups in total. The van der Waals surface area contributed by atoms with Gasteiger partial charge in [0.25, 0.3) is 0 Å². The highest BCUT2D eigenvalue weighted by atomic mass is 35.5. The van der Waals surface area contributed by atoms with E-state index in [0.29, 0.717) is 11.1 Å². The first-order valence-electron chi connectivity index (χ1n) is 7.18. The van der Waals surface area contributed by atoms with E-state index >= 15 is 0 Å². The lowest BCUT2D eigenvalue weighted by molar-refractivity contribution is 0.161. The molecule has 3 heteroatoms. The zero-order valence-corrected chi connectivity index (χ0v) is 13.2. The van der Waals surface area contributed by atoms with Gasteiger partial charge in [-0.15, -0.1) is 0 Å². The van der Waals surface area contributed by atoms with Crippen LogP contribution in [0.3, 0.4) is 0 Å². The average Bonchev–Trinajstić information content (AvgIpc) is 2.34. The highest BCUT2D eigenvalue weighted by molar-refractivity contribution is 6.30. The third-order valence-corrected chi connectivity index (χ3v) is 3.44. The van der Waals surface area contributed by atoms with E-state index < -0.39 is 0 Å². The van der Waals surface area contributed by atoms with Crippen molar-refractivity contribution in [1.29, 1.82) is 0 Å². The van der Waals surface area contributed by atoms with Crippen LogP contribution in [0.2, 0.25) is 5.02 Å². The minimum Gasteiger partial charge on any atom is -0.489 e. The van der Waals surface area contributed by atoms with E-state index in [4.69, 9.17) is 16.3 Å². The summed E-state index contributed by atoms with van der Waals surface area (Å²) in [5, 5.41) is 4.23. The molecule has 0 heterocycles. The second kappa shape index (κ2) is 8.44. The predicted molar refractivity (Wildman–Crippen MR) is 83.1 cm³/mol. The zero-order chi connectivity index (χ0) is 14.3. The first kappa shape index (κ1) is 16.3. The summed E-state index contributed by atoms with van der Waals surface area (Å²) in [6.07, 6.45) is 2.48. The second-order valence-electron chi connectivity index (χ2n) is 5.42. The summed E-state index contributed by atoms with van der Waals surface area (Å²) in [5.74, 6) is 1.56. The fraction of sp³-hybridized carbons (Fsp3) is 0.625. The van der Waals surface area contributed by atoms with Crippen LogP contribution in [0.1, 0.15) is 40.5 Å². The molecule has 0 aromatic heterocycles. The molecule has 0 aliphatic heterocycles. The largest absolute Gasteiger partial charge is 0.489 e. The van der Waals surface area contributed by atoms with Crippen molar-refractivity contribution < 1.29 is 4.74 Å². The number of halogens is 1. The van der Waals surface area contributed by atoms with Gasteiger partial charge in [-0.2, -0.15) is 0 Å². The third kappa shape index (κ3) is 6.31. The Kier molecular flexibility index (Phi) is 7.25. The Hall–Kier alpha value is -0.730. The van der Waals surface area contributed by atoms with Gasteiger partial charge in [0.1, 0.15) is 11.9 Å². The van der Waals surface area contributed by atoms with Crippen molar-refractivity contribution >= 4 is 11.6 Å². The standard InChI is InChI=1S/C16H26ClNO/c1-5-18-16(10-9-12(2)3)13(4)19-15-8-6-7-14(17)11-15/h6-8,11-13,16,18H,5,9-10H2,1-4H3. The topological polar surface area (TPSA) is 21.3 Å². The minimum atomic E-state index is 0.136. The number of benzene rings is 1. The van der Waals surface area contributed by atoms with Crippen molar-refractivity contribution in [1.82, 2.24) is 5.32 Å². The highest BCUT2D eigenvalue weighted by Gasteiger charge is 2.18. The van der Waals surface area contributed by atoms with Gasteiger partial charge < -0.3 is 10.1 Å². The Balaban J connectivity index is 2.57. The Labute approximate surface area is 122 Å². The Bertz CT molecular complexity index is 368. The number of nitrogens with one attached hydrogen (secondary N) is 1. The smallest absolute Gasteiger partial charge is 0.121 e. The van der Waals surface area contributed by atoms with Crippen LogP contribution in [0, 0.1) is 5.92 Å². The van der Waals surface area contributed by atoms with Gasteiger partial charge in [-0.3, -0.25) is 0 Å². The van der Waals surface area contributed by atoms with E-state index in [-0.39, 0.29) is 6.10 Å². The van der Waals surface area contributed by atoms with Crippen LogP contribution in [0.25, 0.3) is 0 Å². The van der Waals surface area contributed by atoms with Crippen LogP contribution >= 0.6 is 11.6 Å². The fourth-order valence-corrected chi connectivity index (χ4v) is 2.30. The quantitative estimate of drug-likeness (QED) is 0.757. The number of hydrogen-bond donors (Lipinski definition) is 1. The van der Waals surface area contributed by atoms with Gasteiger partial charge in [-0.1, -0.05) is 38.4 Å². The molecule has 2 unspecified atom stereocenters. The van der Waals surface area contributed by atoms with Crippen molar-refractivity contribution in [2.24, 2.45) is 5.92 Å². The SMILES string of the molecule is CCNC(CCC(C)C)C(C)Oc1cccc(Cl)c1. The van der Waals surface area contributed by atoms with Gasteiger partial charge in [0, 0.05) is 11.1 Å². The van der Waals surface area contributed by atoms with Crippen LogP contribution in [0.15, 0.2) is 24.3 Å². The maximum Gasteiger partial charge on any atom is 0.121 e. The van der Waals surface area contributed by atoms with E-state index in [2.05, 4.69) is 33.0 Å². The summed E-state index contributed by atoms with van der Waals surface area (Å²) in [6.45, 7) is 9.73. The summed E-state index contributed by atoms with van der Waals surface area (Å²) >= 11 is 5.98. The van der Waals surface area contributed by atoms with E-state index in [0.717, 1.165) is 24.6 Å². The molecule has 1 aromatic rings. The maximum absolute atomic E-state index is 6.00. The van der Waals surface area contributed by atoms with Crippen molar-refractivity contribution in [2.75, 3.05) is 6.54 Å². The van der Waals surface area contributed by atoms with Gasteiger partial charge in [-0.25, -0.2) is 0 Å². The summed E-state index contributed by atoms with van der Waals surface area (Å²) in [7, 11) is 0. The molecule has 1 aromatic carbocycles. The number of likely N-dealkylation sites (N-methyl/N-ethyl adjacent to an activating group) is 1. The molecule has 0 aliphatic rings. The van der Waals surface area contributed by atoms with Gasteiger partial charge >= 0.3 is 0 Å². The molecule has 0 fully saturated rings. The summed E-state index contributed by atoms with van der Waals surface area (Å²) in [4.78, 5) is 0. The zero-order valence-electron chi connectivity index (χ0n) is 12.4. The normalized spacial score (nSPS) is 14.4. The Morgan fingerprint density at radius 2 is 1.95 bits per heavy atom. The monoisotopic (exact) mass is 283 g/mol. The molecule has 0 spiro atoms. The van der Waals surface area contributed by atoms with E-state index in [9.17, 15) is 0 Å². The van der Waals surface area contributed by atoms with Crippen molar-refractivity contribution in [3.8, 4) is 5.75 Å². The second-order valence-corrected chi connectivity index (χ2v) is 5.85. The molecule has 0 amide bonds. The first-order chi connectivity index (χ1) is 9.02. The molecule has 2 atom stereocenters. The lowest BCUT2D eigenvalue weighted by Crippen LogP contribution is -2.41. The predicted octanol–water partition coefficient (Wildman–Crippen LogP) is 4.52. The fourth-order valence-electron chi connectivity index (χ4n) is 2.11. The van der Waals surface area contributed by atoms with Crippen molar-refractivity contribution in [3.05, 3.63) is 29.3 Å². The highest BCUT2D eigenvalue weighted by Crippen LogP contribution is 2.20.